The molecular formula is C15H26O3. The molecule has 1 fully saturated rings. The van der Waals surface area contributed by atoms with E-state index in [9.17, 15) is 15.3 Å². The average molecular weight is 254 g/mol. The first-order chi connectivity index (χ1) is 8.16. The highest BCUT2D eigenvalue weighted by atomic mass is 16.3. The number of aliphatic hydroxyl groups is 3. The summed E-state index contributed by atoms with van der Waals surface area (Å²) < 4.78 is 0. The zero-order chi connectivity index (χ0) is 13.7. The third-order valence-corrected chi connectivity index (χ3v) is 5.36. The molecule has 0 aromatic rings. The van der Waals surface area contributed by atoms with E-state index >= 15 is 0 Å². The summed E-state index contributed by atoms with van der Waals surface area (Å²) >= 11 is 0. The highest BCUT2D eigenvalue weighted by molar-refractivity contribution is 5.27. The fraction of sp³-hybridized carbons (Fsp3) is 0.867. The van der Waals surface area contributed by atoms with Crippen LogP contribution >= 0.6 is 0 Å². The van der Waals surface area contributed by atoms with Gasteiger partial charge in [-0.2, -0.15) is 0 Å². The molecule has 0 radical (unpaired) electrons. The number of fused-ring (bicyclic) bond motifs is 1. The molecule has 0 aliphatic heterocycles. The molecule has 0 aromatic heterocycles. The van der Waals surface area contributed by atoms with Crippen LogP contribution < -0.4 is 0 Å². The van der Waals surface area contributed by atoms with Crippen LogP contribution in [0.15, 0.2) is 11.6 Å². The standard InChI is InChI=1S/C15H26O3/c1-9-12(16)7-13(17)11-6-5-10(14(2,3)18)8-15(9,11)4/h6,9-10,12-13,16-18H,5,7-8H2,1-4H3/t9-,10-,12-,13-,15-/m0/s1. The van der Waals surface area contributed by atoms with Crippen LogP contribution in [-0.4, -0.2) is 33.1 Å². The zero-order valence-corrected chi connectivity index (χ0v) is 11.8. The van der Waals surface area contributed by atoms with Crippen molar-refractivity contribution >= 4 is 0 Å². The van der Waals surface area contributed by atoms with E-state index in [2.05, 4.69) is 19.9 Å². The van der Waals surface area contributed by atoms with Crippen LogP contribution in [0.4, 0.5) is 0 Å². The molecule has 0 saturated heterocycles. The summed E-state index contributed by atoms with van der Waals surface area (Å²) in [6.07, 6.45) is 3.20. The van der Waals surface area contributed by atoms with Gasteiger partial charge in [-0.3, -0.25) is 0 Å². The van der Waals surface area contributed by atoms with Crippen LogP contribution in [-0.2, 0) is 0 Å². The van der Waals surface area contributed by atoms with Gasteiger partial charge in [-0.05, 0) is 49.5 Å². The molecule has 5 atom stereocenters. The van der Waals surface area contributed by atoms with E-state index in [0.29, 0.717) is 6.42 Å². The Balaban J connectivity index is 2.34. The Morgan fingerprint density at radius 2 is 1.94 bits per heavy atom. The normalized spacial score (nSPS) is 45.4. The lowest BCUT2D eigenvalue weighted by Gasteiger charge is -2.52. The highest BCUT2D eigenvalue weighted by Gasteiger charge is 2.50. The van der Waals surface area contributed by atoms with Gasteiger partial charge in [0.15, 0.2) is 0 Å². The van der Waals surface area contributed by atoms with Crippen molar-refractivity contribution in [3.8, 4) is 0 Å². The summed E-state index contributed by atoms with van der Waals surface area (Å²) in [6.45, 7) is 7.87. The van der Waals surface area contributed by atoms with Crippen molar-refractivity contribution in [1.82, 2.24) is 0 Å². The molecule has 0 unspecified atom stereocenters. The van der Waals surface area contributed by atoms with Crippen LogP contribution in [0.3, 0.4) is 0 Å². The summed E-state index contributed by atoms with van der Waals surface area (Å²) in [5.74, 6) is 0.309. The smallest absolute Gasteiger partial charge is 0.0780 e. The average Bonchev–Trinajstić information content (AvgIpc) is 2.24. The SMILES string of the molecule is C[C@H]1[C@@H](O)C[C@H](O)C2=CC[C@H](C(C)(C)O)C[C@]21C. The number of hydrogen-bond acceptors (Lipinski definition) is 3. The third kappa shape index (κ3) is 2.13. The lowest BCUT2D eigenvalue weighted by atomic mass is 9.55. The number of aliphatic hydroxyl groups excluding tert-OH is 2. The Morgan fingerprint density at radius 1 is 1.33 bits per heavy atom. The minimum Gasteiger partial charge on any atom is -0.393 e. The van der Waals surface area contributed by atoms with Crippen molar-refractivity contribution in [2.24, 2.45) is 17.3 Å². The van der Waals surface area contributed by atoms with Crippen LogP contribution in [0.1, 0.15) is 47.0 Å². The monoisotopic (exact) mass is 254 g/mol. The van der Waals surface area contributed by atoms with Crippen LogP contribution in [0, 0.1) is 17.3 Å². The fourth-order valence-electron chi connectivity index (χ4n) is 3.70. The number of rotatable bonds is 1. The molecule has 0 amide bonds. The maximum atomic E-state index is 10.2. The molecule has 2 aliphatic rings. The van der Waals surface area contributed by atoms with Gasteiger partial charge in [0.05, 0.1) is 17.8 Å². The topological polar surface area (TPSA) is 60.7 Å². The van der Waals surface area contributed by atoms with Gasteiger partial charge in [0.25, 0.3) is 0 Å². The molecule has 2 aliphatic carbocycles. The largest absolute Gasteiger partial charge is 0.393 e. The minimum atomic E-state index is -0.710. The minimum absolute atomic E-state index is 0.122. The molecule has 18 heavy (non-hydrogen) atoms. The molecule has 0 spiro atoms. The van der Waals surface area contributed by atoms with E-state index in [4.69, 9.17) is 0 Å². The summed E-state index contributed by atoms with van der Waals surface area (Å²) in [6, 6.07) is 0. The third-order valence-electron chi connectivity index (χ3n) is 5.36. The first-order valence-corrected chi connectivity index (χ1v) is 6.95. The van der Waals surface area contributed by atoms with Gasteiger partial charge in [0.2, 0.25) is 0 Å². The molecule has 3 nitrogen and oxygen atoms in total. The Morgan fingerprint density at radius 3 is 2.50 bits per heavy atom. The van der Waals surface area contributed by atoms with E-state index in [1.165, 1.54) is 0 Å². The van der Waals surface area contributed by atoms with Crippen molar-refractivity contribution in [3.05, 3.63) is 11.6 Å². The molecule has 2 rings (SSSR count). The lowest BCUT2D eigenvalue weighted by Crippen LogP contribution is -2.50. The van der Waals surface area contributed by atoms with Gasteiger partial charge >= 0.3 is 0 Å². The molecular weight excluding hydrogens is 228 g/mol. The van der Waals surface area contributed by atoms with Crippen LogP contribution in [0.25, 0.3) is 0 Å². The fourth-order valence-corrected chi connectivity index (χ4v) is 3.70. The second kappa shape index (κ2) is 4.32. The Kier molecular flexibility index (Phi) is 3.37. The first-order valence-electron chi connectivity index (χ1n) is 6.95. The summed E-state index contributed by atoms with van der Waals surface area (Å²) in [4.78, 5) is 0. The van der Waals surface area contributed by atoms with E-state index < -0.39 is 17.8 Å². The van der Waals surface area contributed by atoms with Gasteiger partial charge in [0, 0.05) is 6.42 Å². The Bertz CT molecular complexity index is 355. The number of allylic oxidation sites excluding steroid dienone is 1. The Hall–Kier alpha value is -0.380. The molecule has 3 N–H and O–H groups in total. The van der Waals surface area contributed by atoms with E-state index in [0.717, 1.165) is 18.4 Å². The van der Waals surface area contributed by atoms with Crippen LogP contribution in [0.2, 0.25) is 0 Å². The van der Waals surface area contributed by atoms with Crippen molar-refractivity contribution in [1.29, 1.82) is 0 Å². The van der Waals surface area contributed by atoms with Gasteiger partial charge in [-0.15, -0.1) is 0 Å². The van der Waals surface area contributed by atoms with E-state index in [1.54, 1.807) is 0 Å². The van der Waals surface area contributed by atoms with Crippen LogP contribution in [0.5, 0.6) is 0 Å². The van der Waals surface area contributed by atoms with Gasteiger partial charge < -0.3 is 15.3 Å². The molecule has 3 heteroatoms. The van der Waals surface area contributed by atoms with E-state index in [-0.39, 0.29) is 17.3 Å². The van der Waals surface area contributed by atoms with Gasteiger partial charge in [-0.25, -0.2) is 0 Å². The van der Waals surface area contributed by atoms with Crippen molar-refractivity contribution < 1.29 is 15.3 Å². The predicted molar refractivity (Wildman–Crippen MR) is 71.0 cm³/mol. The van der Waals surface area contributed by atoms with Crippen molar-refractivity contribution in [3.63, 3.8) is 0 Å². The van der Waals surface area contributed by atoms with Gasteiger partial charge in [-0.1, -0.05) is 19.9 Å². The predicted octanol–water partition coefficient (Wildman–Crippen LogP) is 1.86. The Labute approximate surface area is 110 Å². The quantitative estimate of drug-likeness (QED) is 0.626. The molecule has 1 saturated carbocycles. The summed E-state index contributed by atoms with van der Waals surface area (Å²) in [7, 11) is 0. The molecule has 104 valence electrons. The number of hydrogen-bond donors (Lipinski definition) is 3. The maximum Gasteiger partial charge on any atom is 0.0780 e. The van der Waals surface area contributed by atoms with Crippen molar-refractivity contribution in [2.75, 3.05) is 0 Å². The molecule has 0 heterocycles. The lowest BCUT2D eigenvalue weighted by molar-refractivity contribution is -0.0643. The zero-order valence-electron chi connectivity index (χ0n) is 11.8. The molecule has 0 bridgehead atoms. The van der Waals surface area contributed by atoms with E-state index in [1.807, 2.05) is 13.8 Å². The molecule has 0 aromatic carbocycles. The summed E-state index contributed by atoms with van der Waals surface area (Å²) in [5.41, 5.74) is 0.166. The highest BCUT2D eigenvalue weighted by Crippen LogP contribution is 2.53. The maximum absolute atomic E-state index is 10.2. The second-order valence-electron chi connectivity index (χ2n) is 6.97. The second-order valence-corrected chi connectivity index (χ2v) is 6.97. The van der Waals surface area contributed by atoms with Crippen molar-refractivity contribution in [2.45, 2.75) is 64.8 Å². The summed E-state index contributed by atoms with van der Waals surface area (Å²) in [5, 5.41) is 30.5. The first kappa shape index (κ1) is 14.0. The van der Waals surface area contributed by atoms with Gasteiger partial charge in [0.1, 0.15) is 0 Å².